The summed E-state index contributed by atoms with van der Waals surface area (Å²) < 4.78 is 6.43. The molecule has 2 aromatic carbocycles. The zero-order chi connectivity index (χ0) is 21.6. The molecule has 1 fully saturated rings. The number of nitrogens with one attached hydrogen (secondary N) is 1. The lowest BCUT2D eigenvalue weighted by atomic mass is 10.1. The van der Waals surface area contributed by atoms with Crippen molar-refractivity contribution in [2.75, 3.05) is 30.4 Å². The molecule has 2 heterocycles. The molecule has 3 aromatic rings. The van der Waals surface area contributed by atoms with E-state index in [9.17, 15) is 9.59 Å². The average Bonchev–Trinajstić information content (AvgIpc) is 2.81. The van der Waals surface area contributed by atoms with Gasteiger partial charge in [-0.15, -0.1) is 0 Å². The fourth-order valence-electron chi connectivity index (χ4n) is 3.78. The topological polar surface area (TPSA) is 76.5 Å². The Balaban J connectivity index is 1.49. The van der Waals surface area contributed by atoms with Gasteiger partial charge >= 0.3 is 0 Å². The first-order valence-electron chi connectivity index (χ1n) is 10.5. The van der Waals surface area contributed by atoms with Crippen LogP contribution in [0.4, 0.5) is 11.4 Å². The van der Waals surface area contributed by atoms with E-state index in [2.05, 4.69) is 27.4 Å². The summed E-state index contributed by atoms with van der Waals surface area (Å²) >= 11 is 0. The average molecular weight is 418 g/mol. The van der Waals surface area contributed by atoms with Gasteiger partial charge in [0.1, 0.15) is 12.3 Å². The van der Waals surface area contributed by atoms with Gasteiger partial charge in [-0.25, -0.2) is 4.68 Å². The fourth-order valence-corrected chi connectivity index (χ4v) is 3.78. The minimum atomic E-state index is -0.350. The highest BCUT2D eigenvalue weighted by Gasteiger charge is 2.13. The van der Waals surface area contributed by atoms with Gasteiger partial charge in [-0.1, -0.05) is 24.3 Å². The second-order valence-electron chi connectivity index (χ2n) is 7.56. The molecule has 0 radical (unpaired) electrons. The molecule has 1 saturated heterocycles. The number of para-hydroxylation sites is 2. The molecule has 160 valence electrons. The summed E-state index contributed by atoms with van der Waals surface area (Å²) in [6.07, 6.45) is 3.75. The van der Waals surface area contributed by atoms with Crippen molar-refractivity contribution in [3.63, 3.8) is 0 Å². The molecule has 0 atom stereocenters. The van der Waals surface area contributed by atoms with Crippen LogP contribution in [0, 0.1) is 0 Å². The number of carbonyl (C=O) groups is 1. The van der Waals surface area contributed by atoms with E-state index in [-0.39, 0.29) is 18.0 Å². The van der Waals surface area contributed by atoms with E-state index < -0.39 is 0 Å². The van der Waals surface area contributed by atoms with Crippen LogP contribution < -0.4 is 20.5 Å². The Kier molecular flexibility index (Phi) is 6.31. The third-order valence-electron chi connectivity index (χ3n) is 5.43. The summed E-state index contributed by atoms with van der Waals surface area (Å²) in [6.45, 7) is 1.99. The van der Waals surface area contributed by atoms with Crippen LogP contribution >= 0.6 is 0 Å². The Morgan fingerprint density at radius 2 is 1.74 bits per heavy atom. The van der Waals surface area contributed by atoms with Crippen molar-refractivity contribution in [1.82, 2.24) is 9.78 Å². The Morgan fingerprint density at radius 3 is 2.48 bits per heavy atom. The number of rotatable bonds is 6. The van der Waals surface area contributed by atoms with Crippen molar-refractivity contribution in [3.05, 3.63) is 71.0 Å². The van der Waals surface area contributed by atoms with Crippen molar-refractivity contribution in [3.8, 4) is 17.0 Å². The van der Waals surface area contributed by atoms with Crippen molar-refractivity contribution >= 4 is 17.3 Å². The third-order valence-corrected chi connectivity index (χ3v) is 5.43. The molecule has 1 aliphatic rings. The maximum atomic E-state index is 12.5. The second kappa shape index (κ2) is 9.47. The van der Waals surface area contributed by atoms with Crippen LogP contribution in [0.5, 0.6) is 5.75 Å². The summed E-state index contributed by atoms with van der Waals surface area (Å²) in [6, 6.07) is 18.5. The summed E-state index contributed by atoms with van der Waals surface area (Å²) in [4.78, 5) is 27.2. The van der Waals surface area contributed by atoms with E-state index in [0.29, 0.717) is 17.1 Å². The van der Waals surface area contributed by atoms with Gasteiger partial charge < -0.3 is 15.0 Å². The molecule has 4 rings (SSSR count). The predicted molar refractivity (Wildman–Crippen MR) is 122 cm³/mol. The third kappa shape index (κ3) is 4.94. The minimum absolute atomic E-state index is 0.184. The van der Waals surface area contributed by atoms with Crippen molar-refractivity contribution in [2.45, 2.75) is 25.8 Å². The molecule has 0 bridgehead atoms. The van der Waals surface area contributed by atoms with Crippen LogP contribution in [0.15, 0.2) is 65.5 Å². The van der Waals surface area contributed by atoms with Crippen LogP contribution in [0.1, 0.15) is 19.3 Å². The second-order valence-corrected chi connectivity index (χ2v) is 7.56. The van der Waals surface area contributed by atoms with E-state index in [1.165, 1.54) is 42.8 Å². The molecule has 1 aliphatic heterocycles. The zero-order valence-electron chi connectivity index (χ0n) is 17.6. The summed E-state index contributed by atoms with van der Waals surface area (Å²) in [7, 11) is 1.54. The summed E-state index contributed by atoms with van der Waals surface area (Å²) in [5, 5.41) is 7.18. The summed E-state index contributed by atoms with van der Waals surface area (Å²) in [5.74, 6) is 0.204. The van der Waals surface area contributed by atoms with Crippen LogP contribution in [0.2, 0.25) is 0 Å². The van der Waals surface area contributed by atoms with Crippen molar-refractivity contribution in [2.24, 2.45) is 0 Å². The van der Waals surface area contributed by atoms with Gasteiger partial charge in [0.25, 0.3) is 5.56 Å². The first-order chi connectivity index (χ1) is 15.1. The number of benzene rings is 2. The lowest BCUT2D eigenvalue weighted by Crippen LogP contribution is -2.29. The highest BCUT2D eigenvalue weighted by atomic mass is 16.5. The van der Waals surface area contributed by atoms with Gasteiger partial charge in [0.15, 0.2) is 0 Å². The van der Waals surface area contributed by atoms with E-state index in [4.69, 9.17) is 4.74 Å². The molecule has 1 amide bonds. The van der Waals surface area contributed by atoms with Gasteiger partial charge in [-0.2, -0.15) is 5.10 Å². The van der Waals surface area contributed by atoms with Crippen molar-refractivity contribution in [1.29, 1.82) is 0 Å². The quantitative estimate of drug-likeness (QED) is 0.663. The number of piperidine rings is 1. The standard InChI is InChI=1S/C24H26N4O3/c1-31-22-8-4-3-7-21(22)25-23(29)17-28-24(30)14-13-20(26-28)18-9-11-19(12-10-18)27-15-5-2-6-16-27/h3-4,7-14H,2,5-6,15-17H2,1H3,(H,25,29). The van der Waals surface area contributed by atoms with Gasteiger partial charge in [0.2, 0.25) is 5.91 Å². The molecule has 0 saturated carbocycles. The number of ether oxygens (including phenoxy) is 1. The first kappa shape index (κ1) is 20.7. The largest absolute Gasteiger partial charge is 0.495 e. The lowest BCUT2D eigenvalue weighted by Gasteiger charge is -2.28. The predicted octanol–water partition coefficient (Wildman–Crippen LogP) is 3.55. The Bertz CT molecular complexity index is 1100. The van der Waals surface area contributed by atoms with E-state index in [1.54, 1.807) is 24.3 Å². The maximum Gasteiger partial charge on any atom is 0.267 e. The van der Waals surface area contributed by atoms with Crippen LogP contribution in [-0.4, -0.2) is 35.9 Å². The SMILES string of the molecule is COc1ccccc1NC(=O)Cn1nc(-c2ccc(N3CCCCC3)cc2)ccc1=O. The number of amides is 1. The molecular weight excluding hydrogens is 392 g/mol. The molecule has 7 heteroatoms. The fraction of sp³-hybridized carbons (Fsp3) is 0.292. The smallest absolute Gasteiger partial charge is 0.267 e. The van der Waals surface area contributed by atoms with Gasteiger partial charge in [0.05, 0.1) is 18.5 Å². The number of carbonyl (C=O) groups excluding carboxylic acids is 1. The van der Waals surface area contributed by atoms with Crippen LogP contribution in [-0.2, 0) is 11.3 Å². The van der Waals surface area contributed by atoms with Gasteiger partial charge in [-0.3, -0.25) is 9.59 Å². The Hall–Kier alpha value is -3.61. The zero-order valence-corrected chi connectivity index (χ0v) is 17.6. The minimum Gasteiger partial charge on any atom is -0.495 e. The number of hydrogen-bond donors (Lipinski definition) is 1. The normalized spacial score (nSPS) is 13.6. The number of methoxy groups -OCH3 is 1. The van der Waals surface area contributed by atoms with E-state index in [0.717, 1.165) is 18.7 Å². The van der Waals surface area contributed by atoms with Gasteiger partial charge in [-0.05, 0) is 49.6 Å². The molecule has 0 spiro atoms. The highest BCUT2D eigenvalue weighted by molar-refractivity contribution is 5.92. The van der Waals surface area contributed by atoms with E-state index in [1.807, 2.05) is 18.2 Å². The van der Waals surface area contributed by atoms with Crippen molar-refractivity contribution < 1.29 is 9.53 Å². The number of aromatic nitrogens is 2. The van der Waals surface area contributed by atoms with Gasteiger partial charge in [0, 0.05) is 30.4 Å². The monoisotopic (exact) mass is 418 g/mol. The lowest BCUT2D eigenvalue weighted by molar-refractivity contribution is -0.117. The molecule has 31 heavy (non-hydrogen) atoms. The maximum absolute atomic E-state index is 12.5. The first-order valence-corrected chi connectivity index (χ1v) is 10.5. The molecule has 1 N–H and O–H groups in total. The summed E-state index contributed by atoms with van der Waals surface area (Å²) in [5.41, 5.74) is 2.97. The molecule has 7 nitrogen and oxygen atoms in total. The Labute approximate surface area is 181 Å². The molecular formula is C24H26N4O3. The van der Waals surface area contributed by atoms with Crippen LogP contribution in [0.25, 0.3) is 11.3 Å². The Morgan fingerprint density at radius 1 is 1.00 bits per heavy atom. The highest BCUT2D eigenvalue weighted by Crippen LogP contribution is 2.24. The number of hydrogen-bond acceptors (Lipinski definition) is 5. The van der Waals surface area contributed by atoms with Crippen LogP contribution in [0.3, 0.4) is 0 Å². The number of nitrogens with zero attached hydrogens (tertiary/aromatic N) is 3. The number of anilines is 2. The molecule has 1 aromatic heterocycles. The van der Waals surface area contributed by atoms with E-state index >= 15 is 0 Å². The molecule has 0 aliphatic carbocycles. The molecule has 0 unspecified atom stereocenters.